The lowest BCUT2D eigenvalue weighted by Gasteiger charge is -2.28. The number of urea groups is 1. The summed E-state index contributed by atoms with van der Waals surface area (Å²) in [6.07, 6.45) is 2.02. The molecule has 0 aliphatic heterocycles. The Hall–Kier alpha value is -1.40. The molecule has 0 atom stereocenters. The van der Waals surface area contributed by atoms with Crippen molar-refractivity contribution in [3.05, 3.63) is 0 Å². The number of hydrogen-bond donors (Lipinski definition) is 3. The number of alkyl halides is 2. The lowest BCUT2D eigenvalue weighted by atomic mass is 9.80. The number of rotatable bonds is 5. The fourth-order valence-corrected chi connectivity index (χ4v) is 2.35. The highest BCUT2D eigenvalue weighted by molar-refractivity contribution is 5.78. The molecular formula is C12H20F2N2O3. The molecule has 0 spiro atoms. The van der Waals surface area contributed by atoms with E-state index in [2.05, 4.69) is 5.32 Å². The van der Waals surface area contributed by atoms with E-state index >= 15 is 0 Å². The monoisotopic (exact) mass is 278 g/mol. The van der Waals surface area contributed by atoms with E-state index in [-0.39, 0.29) is 6.54 Å². The Morgan fingerprint density at radius 2 is 1.68 bits per heavy atom. The third kappa shape index (κ3) is 5.00. The average Bonchev–Trinajstić information content (AvgIpc) is 2.60. The maximum atomic E-state index is 11.9. The molecule has 1 fully saturated rings. The molecular weight excluding hydrogens is 258 g/mol. The summed E-state index contributed by atoms with van der Waals surface area (Å²) in [6.45, 7) is -0.747. The van der Waals surface area contributed by atoms with Gasteiger partial charge in [0.25, 0.3) is 6.43 Å². The van der Waals surface area contributed by atoms with Crippen molar-refractivity contribution in [3.8, 4) is 0 Å². The zero-order chi connectivity index (χ0) is 14.3. The highest BCUT2D eigenvalue weighted by Gasteiger charge is 2.38. The Labute approximate surface area is 110 Å². The second-order valence-corrected chi connectivity index (χ2v) is 4.95. The third-order valence-electron chi connectivity index (χ3n) is 3.52. The van der Waals surface area contributed by atoms with Gasteiger partial charge in [-0.1, -0.05) is 25.7 Å². The predicted octanol–water partition coefficient (Wildman–Crippen LogP) is 1.98. The summed E-state index contributed by atoms with van der Waals surface area (Å²) in [4.78, 5) is 22.7. The second-order valence-electron chi connectivity index (χ2n) is 4.95. The van der Waals surface area contributed by atoms with Crippen LogP contribution in [0.3, 0.4) is 0 Å². The van der Waals surface area contributed by atoms with Crippen molar-refractivity contribution in [1.29, 1.82) is 0 Å². The summed E-state index contributed by atoms with van der Waals surface area (Å²) in [5.74, 6) is -0.927. The van der Waals surface area contributed by atoms with Crippen LogP contribution in [0.1, 0.15) is 38.5 Å². The summed E-state index contributed by atoms with van der Waals surface area (Å²) in [5.41, 5.74) is -0.960. The largest absolute Gasteiger partial charge is 0.481 e. The molecule has 1 rings (SSSR count). The molecule has 110 valence electrons. The molecule has 1 saturated carbocycles. The minimum absolute atomic E-state index is 0.0165. The van der Waals surface area contributed by atoms with Gasteiger partial charge < -0.3 is 15.7 Å². The lowest BCUT2D eigenvalue weighted by Crippen LogP contribution is -2.46. The molecule has 1 aliphatic carbocycles. The lowest BCUT2D eigenvalue weighted by molar-refractivity contribution is -0.149. The van der Waals surface area contributed by atoms with Crippen LogP contribution in [0.15, 0.2) is 0 Å². The highest BCUT2D eigenvalue weighted by Crippen LogP contribution is 2.34. The Bertz CT molecular complexity index is 316. The topological polar surface area (TPSA) is 78.4 Å². The molecule has 0 unspecified atom stereocenters. The number of amides is 2. The molecule has 7 heteroatoms. The van der Waals surface area contributed by atoms with Crippen LogP contribution in [-0.4, -0.2) is 36.6 Å². The Morgan fingerprint density at radius 1 is 1.11 bits per heavy atom. The maximum Gasteiger partial charge on any atom is 0.315 e. The van der Waals surface area contributed by atoms with Crippen molar-refractivity contribution in [2.75, 3.05) is 13.1 Å². The number of aliphatic carboxylic acids is 1. The van der Waals surface area contributed by atoms with Crippen LogP contribution in [0, 0.1) is 5.41 Å². The zero-order valence-electron chi connectivity index (χ0n) is 10.8. The summed E-state index contributed by atoms with van der Waals surface area (Å²) in [6, 6.07) is -0.745. The van der Waals surface area contributed by atoms with Crippen LogP contribution < -0.4 is 10.6 Å². The molecule has 0 bridgehead atoms. The quantitative estimate of drug-likeness (QED) is 0.673. The first kappa shape index (κ1) is 15.7. The zero-order valence-corrected chi connectivity index (χ0v) is 10.8. The van der Waals surface area contributed by atoms with Gasteiger partial charge in [0.15, 0.2) is 0 Å². The molecule has 0 aromatic carbocycles. The van der Waals surface area contributed by atoms with E-state index in [1.165, 1.54) is 0 Å². The number of carbonyl (C=O) groups is 2. The Balaban J connectivity index is 2.49. The van der Waals surface area contributed by atoms with Crippen molar-refractivity contribution in [2.45, 2.75) is 45.0 Å². The molecule has 19 heavy (non-hydrogen) atoms. The van der Waals surface area contributed by atoms with E-state index < -0.39 is 30.4 Å². The van der Waals surface area contributed by atoms with Crippen molar-refractivity contribution < 1.29 is 23.5 Å². The molecule has 3 N–H and O–H groups in total. The maximum absolute atomic E-state index is 11.9. The smallest absolute Gasteiger partial charge is 0.315 e. The van der Waals surface area contributed by atoms with Crippen LogP contribution in [0.5, 0.6) is 0 Å². The minimum Gasteiger partial charge on any atom is -0.481 e. The van der Waals surface area contributed by atoms with Crippen LogP contribution in [0.2, 0.25) is 0 Å². The van der Waals surface area contributed by atoms with E-state index in [9.17, 15) is 23.5 Å². The number of carboxylic acid groups (broad SMARTS) is 1. The van der Waals surface area contributed by atoms with Gasteiger partial charge in [-0.05, 0) is 12.8 Å². The van der Waals surface area contributed by atoms with E-state index in [1.54, 1.807) is 0 Å². The van der Waals surface area contributed by atoms with Gasteiger partial charge in [0.1, 0.15) is 0 Å². The fraction of sp³-hybridized carbons (Fsp3) is 0.833. The Kier molecular flexibility index (Phi) is 5.98. The van der Waals surface area contributed by atoms with E-state index in [1.807, 2.05) is 5.32 Å². The van der Waals surface area contributed by atoms with Gasteiger partial charge in [0.2, 0.25) is 0 Å². The fourth-order valence-electron chi connectivity index (χ4n) is 2.35. The molecule has 0 heterocycles. The number of carbonyl (C=O) groups excluding carboxylic acids is 1. The van der Waals surface area contributed by atoms with Crippen molar-refractivity contribution in [1.82, 2.24) is 10.6 Å². The molecule has 0 saturated heterocycles. The normalized spacial score (nSPS) is 18.7. The summed E-state index contributed by atoms with van der Waals surface area (Å²) >= 11 is 0. The summed E-state index contributed by atoms with van der Waals surface area (Å²) < 4.78 is 23.8. The third-order valence-corrected chi connectivity index (χ3v) is 3.52. The van der Waals surface area contributed by atoms with Crippen LogP contribution >= 0.6 is 0 Å². The molecule has 0 aromatic rings. The van der Waals surface area contributed by atoms with Gasteiger partial charge in [-0.2, -0.15) is 0 Å². The Morgan fingerprint density at radius 3 is 2.16 bits per heavy atom. The first-order chi connectivity index (χ1) is 8.96. The SMILES string of the molecule is O=C(NCC(F)F)NCC1(C(=O)O)CCCCCC1. The minimum atomic E-state index is -2.61. The van der Waals surface area contributed by atoms with E-state index in [0.717, 1.165) is 25.7 Å². The summed E-state index contributed by atoms with van der Waals surface area (Å²) in [7, 11) is 0. The van der Waals surface area contributed by atoms with Gasteiger partial charge in [-0.3, -0.25) is 4.79 Å². The summed E-state index contributed by atoms with van der Waals surface area (Å²) in [5, 5.41) is 13.7. The van der Waals surface area contributed by atoms with Crippen LogP contribution in [0.25, 0.3) is 0 Å². The number of nitrogens with one attached hydrogen (secondary N) is 2. The molecule has 2 amide bonds. The first-order valence-electron chi connectivity index (χ1n) is 6.49. The number of halogens is 2. The molecule has 1 aliphatic rings. The van der Waals surface area contributed by atoms with Gasteiger partial charge in [0, 0.05) is 6.54 Å². The molecule has 0 aromatic heterocycles. The molecule has 5 nitrogen and oxygen atoms in total. The van der Waals surface area contributed by atoms with Crippen molar-refractivity contribution >= 4 is 12.0 Å². The number of carboxylic acids is 1. The van der Waals surface area contributed by atoms with Crippen LogP contribution in [0.4, 0.5) is 13.6 Å². The average molecular weight is 278 g/mol. The van der Waals surface area contributed by atoms with E-state index in [4.69, 9.17) is 0 Å². The van der Waals surface area contributed by atoms with Crippen LogP contribution in [-0.2, 0) is 4.79 Å². The second kappa shape index (κ2) is 7.25. The van der Waals surface area contributed by atoms with Gasteiger partial charge in [-0.15, -0.1) is 0 Å². The predicted molar refractivity (Wildman–Crippen MR) is 65.2 cm³/mol. The van der Waals surface area contributed by atoms with Gasteiger partial charge in [-0.25, -0.2) is 13.6 Å². The highest BCUT2D eigenvalue weighted by atomic mass is 19.3. The van der Waals surface area contributed by atoms with Gasteiger partial charge in [0.05, 0.1) is 12.0 Å². The van der Waals surface area contributed by atoms with Crippen molar-refractivity contribution in [3.63, 3.8) is 0 Å². The number of hydrogen-bond acceptors (Lipinski definition) is 2. The first-order valence-corrected chi connectivity index (χ1v) is 6.49. The standard InChI is InChI=1S/C12H20F2N2O3/c13-9(14)7-15-11(19)16-8-12(10(17)18)5-3-1-2-4-6-12/h9H,1-8H2,(H,17,18)(H2,15,16,19). The molecule has 0 radical (unpaired) electrons. The van der Waals surface area contributed by atoms with E-state index in [0.29, 0.717) is 12.8 Å². The van der Waals surface area contributed by atoms with Crippen molar-refractivity contribution in [2.24, 2.45) is 5.41 Å². The van der Waals surface area contributed by atoms with Gasteiger partial charge >= 0.3 is 12.0 Å².